The summed E-state index contributed by atoms with van der Waals surface area (Å²) in [4.78, 5) is 23.4. The standard InChI is InChI=1S/C24H15BrClF3N4O5/c25-15-4-5-22(20(26)9-15)37-13-32-7-6-21(31-32)23(34)30-16-10-17(33(35)36)12-19(11-16)38-18-3-1-2-14(8-18)24(27,28)29/h1-12H,13H2,(H,30,34). The number of nitro groups is 1. The molecular formula is C24H15BrClF3N4O5. The van der Waals surface area contributed by atoms with Crippen LogP contribution in [0.5, 0.6) is 17.2 Å². The molecule has 4 aromatic rings. The first-order valence-electron chi connectivity index (χ1n) is 10.6. The number of amides is 1. The minimum Gasteiger partial charge on any atom is -0.470 e. The Bertz CT molecular complexity index is 1510. The number of carbonyl (C=O) groups excluding carboxylic acids is 1. The van der Waals surface area contributed by atoms with Crippen molar-refractivity contribution in [3.05, 3.63) is 104 Å². The average molecular weight is 612 g/mol. The van der Waals surface area contributed by atoms with Crippen molar-refractivity contribution in [3.63, 3.8) is 0 Å². The van der Waals surface area contributed by atoms with Crippen LogP contribution in [0.3, 0.4) is 0 Å². The number of ether oxygens (including phenoxy) is 2. The second-order valence-corrected chi connectivity index (χ2v) is 8.97. The fraction of sp³-hybridized carbons (Fsp3) is 0.0833. The lowest BCUT2D eigenvalue weighted by molar-refractivity contribution is -0.384. The van der Waals surface area contributed by atoms with Crippen LogP contribution in [-0.4, -0.2) is 20.6 Å². The summed E-state index contributed by atoms with van der Waals surface area (Å²) in [5.74, 6) is -0.640. The number of non-ortho nitro benzene ring substituents is 1. The van der Waals surface area contributed by atoms with Crippen LogP contribution in [0.25, 0.3) is 0 Å². The van der Waals surface area contributed by atoms with Crippen LogP contribution in [0, 0.1) is 10.1 Å². The maximum absolute atomic E-state index is 13.0. The summed E-state index contributed by atoms with van der Waals surface area (Å²) < 4.78 is 52.1. The highest BCUT2D eigenvalue weighted by Gasteiger charge is 2.30. The first kappa shape index (κ1) is 26.9. The number of nitro benzene ring substituents is 1. The molecule has 196 valence electrons. The van der Waals surface area contributed by atoms with Crippen LogP contribution in [-0.2, 0) is 12.9 Å². The summed E-state index contributed by atoms with van der Waals surface area (Å²) in [7, 11) is 0. The summed E-state index contributed by atoms with van der Waals surface area (Å²) in [6, 6.07) is 13.8. The number of nitrogens with one attached hydrogen (secondary N) is 1. The van der Waals surface area contributed by atoms with Crippen LogP contribution < -0.4 is 14.8 Å². The number of nitrogens with zero attached hydrogens (tertiary/aromatic N) is 3. The van der Waals surface area contributed by atoms with Gasteiger partial charge in [-0.15, -0.1) is 0 Å². The van der Waals surface area contributed by atoms with E-state index in [1.807, 2.05) is 0 Å². The summed E-state index contributed by atoms with van der Waals surface area (Å²) >= 11 is 9.40. The molecule has 1 amide bonds. The summed E-state index contributed by atoms with van der Waals surface area (Å²) in [5, 5.41) is 18.3. The van der Waals surface area contributed by atoms with Crippen LogP contribution >= 0.6 is 27.5 Å². The van der Waals surface area contributed by atoms with E-state index in [9.17, 15) is 28.1 Å². The molecule has 38 heavy (non-hydrogen) atoms. The van der Waals surface area contributed by atoms with Crippen molar-refractivity contribution in [2.45, 2.75) is 12.9 Å². The second kappa shape index (κ2) is 11.1. The van der Waals surface area contributed by atoms with Crippen LogP contribution in [0.2, 0.25) is 5.02 Å². The van der Waals surface area contributed by atoms with E-state index < -0.39 is 28.3 Å². The summed E-state index contributed by atoms with van der Waals surface area (Å²) in [6.45, 7) is -0.0551. The molecule has 0 fully saturated rings. The third kappa shape index (κ3) is 6.81. The Balaban J connectivity index is 1.48. The molecule has 0 atom stereocenters. The number of halogens is 5. The molecule has 0 saturated carbocycles. The first-order chi connectivity index (χ1) is 18.0. The Kier molecular flexibility index (Phi) is 7.88. The molecule has 3 aromatic carbocycles. The summed E-state index contributed by atoms with van der Waals surface area (Å²) in [6.07, 6.45) is -3.11. The minimum atomic E-state index is -4.60. The Morgan fingerprint density at radius 3 is 2.61 bits per heavy atom. The van der Waals surface area contributed by atoms with Gasteiger partial charge in [-0.25, -0.2) is 4.68 Å². The zero-order chi connectivity index (χ0) is 27.4. The molecule has 14 heteroatoms. The number of rotatable bonds is 8. The van der Waals surface area contributed by atoms with Crippen molar-refractivity contribution < 1.29 is 32.4 Å². The Labute approximate surface area is 226 Å². The van der Waals surface area contributed by atoms with Gasteiger partial charge in [0.05, 0.1) is 27.3 Å². The molecule has 9 nitrogen and oxygen atoms in total. The number of alkyl halides is 3. The van der Waals surface area contributed by atoms with Gasteiger partial charge >= 0.3 is 6.18 Å². The molecule has 1 aromatic heterocycles. The van der Waals surface area contributed by atoms with Gasteiger partial charge in [-0.2, -0.15) is 18.3 Å². The SMILES string of the molecule is O=C(Nc1cc(Oc2cccc(C(F)(F)F)c2)cc([N+](=O)[O-])c1)c1ccn(COc2ccc(Br)cc2Cl)n1. The lowest BCUT2D eigenvalue weighted by atomic mass is 10.2. The van der Waals surface area contributed by atoms with Crippen LogP contribution in [0.4, 0.5) is 24.5 Å². The lowest BCUT2D eigenvalue weighted by Crippen LogP contribution is -2.14. The fourth-order valence-electron chi connectivity index (χ4n) is 3.17. The molecule has 0 aliphatic heterocycles. The van der Waals surface area contributed by atoms with E-state index in [1.165, 1.54) is 29.1 Å². The van der Waals surface area contributed by atoms with Gasteiger partial charge in [0.1, 0.15) is 17.2 Å². The van der Waals surface area contributed by atoms with Crippen molar-refractivity contribution in [2.75, 3.05) is 5.32 Å². The Morgan fingerprint density at radius 2 is 1.89 bits per heavy atom. The quantitative estimate of drug-likeness (QED) is 0.165. The number of hydrogen-bond donors (Lipinski definition) is 1. The van der Waals surface area contributed by atoms with E-state index in [0.29, 0.717) is 10.8 Å². The fourth-order valence-corrected chi connectivity index (χ4v) is 3.90. The zero-order valence-electron chi connectivity index (χ0n) is 18.9. The number of aromatic nitrogens is 2. The van der Waals surface area contributed by atoms with Gasteiger partial charge in [-0.3, -0.25) is 14.9 Å². The molecule has 1 N–H and O–H groups in total. The zero-order valence-corrected chi connectivity index (χ0v) is 21.2. The van der Waals surface area contributed by atoms with Crippen molar-refractivity contribution in [2.24, 2.45) is 0 Å². The molecule has 4 rings (SSSR count). The molecule has 0 aliphatic carbocycles. The van der Waals surface area contributed by atoms with Gasteiger partial charge in [0, 0.05) is 22.8 Å². The van der Waals surface area contributed by atoms with Gasteiger partial charge in [0.25, 0.3) is 11.6 Å². The van der Waals surface area contributed by atoms with Gasteiger partial charge < -0.3 is 14.8 Å². The molecular weight excluding hydrogens is 597 g/mol. The van der Waals surface area contributed by atoms with E-state index in [2.05, 4.69) is 26.3 Å². The molecule has 1 heterocycles. The van der Waals surface area contributed by atoms with Gasteiger partial charge in [-0.05, 0) is 42.5 Å². The second-order valence-electron chi connectivity index (χ2n) is 7.64. The normalized spacial score (nSPS) is 11.2. The average Bonchev–Trinajstić information content (AvgIpc) is 3.32. The van der Waals surface area contributed by atoms with E-state index in [0.717, 1.165) is 34.8 Å². The van der Waals surface area contributed by atoms with Crippen LogP contribution in [0.15, 0.2) is 77.4 Å². The van der Waals surface area contributed by atoms with Crippen molar-refractivity contribution >= 4 is 44.8 Å². The van der Waals surface area contributed by atoms with E-state index in [4.69, 9.17) is 21.1 Å². The third-order valence-electron chi connectivity index (χ3n) is 4.88. The maximum atomic E-state index is 13.0. The Morgan fingerprint density at radius 1 is 1.11 bits per heavy atom. The molecule has 0 aliphatic rings. The minimum absolute atomic E-state index is 0.0256. The maximum Gasteiger partial charge on any atom is 0.416 e. The van der Waals surface area contributed by atoms with E-state index in [-0.39, 0.29) is 29.6 Å². The van der Waals surface area contributed by atoms with Crippen molar-refractivity contribution in [1.82, 2.24) is 9.78 Å². The van der Waals surface area contributed by atoms with E-state index in [1.54, 1.807) is 18.2 Å². The topological polar surface area (TPSA) is 109 Å². The highest BCUT2D eigenvalue weighted by Crippen LogP contribution is 2.34. The van der Waals surface area contributed by atoms with Crippen LogP contribution in [0.1, 0.15) is 16.1 Å². The number of benzene rings is 3. The highest BCUT2D eigenvalue weighted by molar-refractivity contribution is 9.10. The predicted molar refractivity (Wildman–Crippen MR) is 135 cm³/mol. The smallest absolute Gasteiger partial charge is 0.416 e. The largest absolute Gasteiger partial charge is 0.470 e. The van der Waals surface area contributed by atoms with E-state index >= 15 is 0 Å². The number of hydrogen-bond acceptors (Lipinski definition) is 6. The highest BCUT2D eigenvalue weighted by atomic mass is 79.9. The Hall–Kier alpha value is -4.10. The first-order valence-corrected chi connectivity index (χ1v) is 11.7. The molecule has 0 bridgehead atoms. The van der Waals surface area contributed by atoms with Crippen molar-refractivity contribution in [3.8, 4) is 17.2 Å². The number of anilines is 1. The number of carbonyl (C=O) groups is 1. The molecule has 0 spiro atoms. The third-order valence-corrected chi connectivity index (χ3v) is 5.67. The molecule has 0 unspecified atom stereocenters. The predicted octanol–water partition coefficient (Wildman–Crippen LogP) is 7.31. The monoisotopic (exact) mass is 610 g/mol. The molecule has 0 radical (unpaired) electrons. The summed E-state index contributed by atoms with van der Waals surface area (Å²) in [5.41, 5.74) is -1.45. The molecule has 0 saturated heterocycles. The van der Waals surface area contributed by atoms with Gasteiger partial charge in [-0.1, -0.05) is 33.6 Å². The van der Waals surface area contributed by atoms with Gasteiger partial charge in [0.15, 0.2) is 12.4 Å². The van der Waals surface area contributed by atoms with Crippen molar-refractivity contribution in [1.29, 1.82) is 0 Å². The van der Waals surface area contributed by atoms with Gasteiger partial charge in [0.2, 0.25) is 0 Å². The lowest BCUT2D eigenvalue weighted by Gasteiger charge is -2.11.